The third-order valence-electron chi connectivity index (χ3n) is 16.5. The molecule has 16 nitrogen and oxygen atoms in total. The van der Waals surface area contributed by atoms with Crippen LogP contribution in [0.3, 0.4) is 0 Å². The van der Waals surface area contributed by atoms with Crippen LogP contribution in [0.15, 0.2) is 11.8 Å². The fraction of sp³-hybridized carbons (Fsp3) is 0.869. The molecular formula is C61H115NO15Si2. The largest absolute Gasteiger partial charge is 0.481 e. The summed E-state index contributed by atoms with van der Waals surface area (Å²) in [5, 5.41) is 7.60. The van der Waals surface area contributed by atoms with Crippen molar-refractivity contribution in [3.8, 4) is 0 Å². The quantitative estimate of drug-likeness (QED) is 0.0319. The van der Waals surface area contributed by atoms with Crippen molar-refractivity contribution >= 4 is 51.9 Å². The Labute approximate surface area is 481 Å². The van der Waals surface area contributed by atoms with Crippen molar-refractivity contribution in [3.05, 3.63) is 11.8 Å². The summed E-state index contributed by atoms with van der Waals surface area (Å²) in [6, 6.07) is 0. The van der Waals surface area contributed by atoms with Crippen LogP contribution >= 0.6 is 0 Å². The molecule has 0 spiro atoms. The van der Waals surface area contributed by atoms with Crippen LogP contribution in [-0.4, -0.2) is 131 Å². The number of hydrogen-bond acceptors (Lipinski definition) is 15. The highest BCUT2D eigenvalue weighted by Crippen LogP contribution is 2.48. The van der Waals surface area contributed by atoms with E-state index in [0.717, 1.165) is 77.6 Å². The Bertz CT molecular complexity index is 2020. The molecule has 4 aliphatic rings. The molecule has 0 aromatic rings. The van der Waals surface area contributed by atoms with Gasteiger partial charge in [0.1, 0.15) is 22.8 Å². The van der Waals surface area contributed by atoms with Crippen LogP contribution in [0.2, 0.25) is 36.3 Å². The monoisotopic (exact) mass is 1160 g/mol. The van der Waals surface area contributed by atoms with Gasteiger partial charge in [0.25, 0.3) is 5.97 Å². The van der Waals surface area contributed by atoms with Crippen molar-refractivity contribution < 1.29 is 72.6 Å². The Hall–Kier alpha value is -2.85. The molecule has 0 bridgehead atoms. The lowest BCUT2D eigenvalue weighted by atomic mass is 9.84. The van der Waals surface area contributed by atoms with E-state index in [4.69, 9.17) is 52.9 Å². The molecule has 0 aromatic heterocycles. The van der Waals surface area contributed by atoms with E-state index in [1.54, 1.807) is 0 Å². The number of carbonyl (C=O) groups excluding carboxylic acids is 5. The second kappa shape index (κ2) is 30.6. The summed E-state index contributed by atoms with van der Waals surface area (Å²) >= 11 is 0. The van der Waals surface area contributed by atoms with E-state index < -0.39 is 44.6 Å². The first-order chi connectivity index (χ1) is 35.5. The maximum absolute atomic E-state index is 12.5. The highest BCUT2D eigenvalue weighted by molar-refractivity contribution is 6.74. The number of ketones is 3. The minimum absolute atomic E-state index is 0. The van der Waals surface area contributed by atoms with Crippen LogP contribution in [-0.2, 0) is 66.0 Å². The Morgan fingerprint density at radius 3 is 1.30 bits per heavy atom. The summed E-state index contributed by atoms with van der Waals surface area (Å²) in [4.78, 5) is 68.6. The summed E-state index contributed by atoms with van der Waals surface area (Å²) < 4.78 is 51.0. The second-order valence-corrected chi connectivity index (χ2v) is 37.8. The van der Waals surface area contributed by atoms with Gasteiger partial charge in [-0.3, -0.25) is 28.8 Å². The molecule has 0 amide bonds. The van der Waals surface area contributed by atoms with Crippen LogP contribution in [0.25, 0.3) is 0 Å². The molecule has 4 heterocycles. The molecular weight excluding hydrogens is 1040 g/mol. The number of nitrogens with two attached hydrogens (primary N) is 1. The molecule has 79 heavy (non-hydrogen) atoms. The fourth-order valence-corrected chi connectivity index (χ4v) is 11.6. The van der Waals surface area contributed by atoms with Crippen LogP contribution in [0.4, 0.5) is 0 Å². The van der Waals surface area contributed by atoms with Crippen molar-refractivity contribution in [2.45, 2.75) is 293 Å². The smallest absolute Gasteiger partial charge is 0.311 e. The fourth-order valence-electron chi connectivity index (χ4n) is 9.53. The molecule has 4 saturated heterocycles. The number of aliphatic carboxylic acids is 1. The first-order valence-electron chi connectivity index (χ1n) is 28.9. The van der Waals surface area contributed by atoms with E-state index in [1.807, 2.05) is 48.5 Å². The van der Waals surface area contributed by atoms with Crippen LogP contribution in [0.5, 0.6) is 0 Å². The Kier molecular flexibility index (Phi) is 28.8. The number of rotatable bonds is 23. The minimum atomic E-state index is -2.01. The Morgan fingerprint density at radius 1 is 0.633 bits per heavy atom. The van der Waals surface area contributed by atoms with Gasteiger partial charge in [0.05, 0.1) is 80.3 Å². The number of ether oxygens (including phenoxy) is 6. The normalized spacial score (nSPS) is 26.3. The van der Waals surface area contributed by atoms with E-state index in [-0.39, 0.29) is 103 Å². The molecule has 0 radical (unpaired) electrons. The minimum Gasteiger partial charge on any atom is -0.481 e. The van der Waals surface area contributed by atoms with Gasteiger partial charge in [0, 0.05) is 32.8 Å². The van der Waals surface area contributed by atoms with E-state index in [1.165, 1.54) is 19.9 Å². The van der Waals surface area contributed by atoms with Crippen LogP contribution in [0.1, 0.15) is 210 Å². The average molecular weight is 1160 g/mol. The summed E-state index contributed by atoms with van der Waals surface area (Å²) in [5.41, 5.74) is 4.75. The molecule has 462 valence electrons. The lowest BCUT2D eigenvalue weighted by molar-refractivity contribution is -0.184. The van der Waals surface area contributed by atoms with E-state index in [9.17, 15) is 24.0 Å². The topological polar surface area (TPSA) is 223 Å². The van der Waals surface area contributed by atoms with Crippen molar-refractivity contribution in [2.75, 3.05) is 26.4 Å². The number of hydrogen-bond donors (Lipinski definition) is 2. The maximum atomic E-state index is 12.5. The highest BCUT2D eigenvalue weighted by Gasteiger charge is 2.56. The van der Waals surface area contributed by atoms with Gasteiger partial charge in [0.15, 0.2) is 22.4 Å². The molecule has 4 aliphatic heterocycles. The molecule has 4 fully saturated rings. The van der Waals surface area contributed by atoms with E-state index in [2.05, 4.69) is 74.7 Å². The van der Waals surface area contributed by atoms with Gasteiger partial charge in [-0.15, -0.1) is 0 Å². The first kappa shape index (κ1) is 74.2. The third kappa shape index (κ3) is 24.1. The number of fused-ring (bicyclic) bond motifs is 2. The molecule has 3 N–H and O–H groups in total. The van der Waals surface area contributed by atoms with Gasteiger partial charge in [-0.1, -0.05) is 62.8 Å². The third-order valence-corrected chi connectivity index (χ3v) is 25.4. The number of carboxylic acids is 1. The standard InChI is InChI=1S/C29H53NO6Si.C29H52O7Si.C2H4O2.CH4.H2/c1-20(24(30)17-21(2)31)16-22-13-14-25-29(36-22,19-34-37(9,10)28(6,7)8)18-23(35-25)12-11-15-33-26(32)27(3,4)5;1-20(24(31)17-21(2)30)16-22-13-14-25-29(36-22,19-34-37(9,10)28(6,7)8)18-23(35-25)12-11-15-33-26(32)27(3,4)5;1-2(3)4;;/h17,20,22-23,25H,11-16,18-19,30H2,1-10H3;20,22-23,25H,11-19H2,1-10H3;1H3,(H,3,4);1H4;1H/b24-17-;;;;/t2*20-,22-,23+,25+,29-;;;/m11.../s1. The van der Waals surface area contributed by atoms with E-state index >= 15 is 0 Å². The Balaban J connectivity index is 0.00000143. The number of Topliss-reactive ketones (excluding diaryl/α,β-unsaturated/α-hetero) is 2. The zero-order chi connectivity index (χ0) is 60.0. The highest BCUT2D eigenvalue weighted by atomic mass is 28.4. The molecule has 10 atom stereocenters. The van der Waals surface area contributed by atoms with Crippen LogP contribution in [0, 0.1) is 22.7 Å². The molecule has 0 aromatic carbocycles. The molecule has 18 heteroatoms. The van der Waals surface area contributed by atoms with Crippen molar-refractivity contribution in [2.24, 2.45) is 28.4 Å². The van der Waals surface area contributed by atoms with Gasteiger partial charge >= 0.3 is 11.9 Å². The van der Waals surface area contributed by atoms with Gasteiger partial charge in [0.2, 0.25) is 0 Å². The van der Waals surface area contributed by atoms with Gasteiger partial charge in [-0.25, -0.2) is 0 Å². The Morgan fingerprint density at radius 2 is 0.987 bits per heavy atom. The lowest BCUT2D eigenvalue weighted by Crippen LogP contribution is -2.55. The number of carbonyl (C=O) groups is 6. The van der Waals surface area contributed by atoms with Crippen molar-refractivity contribution in [1.82, 2.24) is 0 Å². The molecule has 0 saturated carbocycles. The molecule has 0 unspecified atom stereocenters. The summed E-state index contributed by atoms with van der Waals surface area (Å²) in [7, 11) is -4.00. The summed E-state index contributed by atoms with van der Waals surface area (Å²) in [5.74, 6) is -1.51. The van der Waals surface area contributed by atoms with Crippen LogP contribution < -0.4 is 5.73 Å². The zero-order valence-corrected chi connectivity index (χ0v) is 54.5. The predicted octanol–water partition coefficient (Wildman–Crippen LogP) is 12.9. The molecule has 0 aliphatic carbocycles. The van der Waals surface area contributed by atoms with E-state index in [0.29, 0.717) is 38.5 Å². The van der Waals surface area contributed by atoms with Gasteiger partial charge < -0.3 is 48.1 Å². The van der Waals surface area contributed by atoms with Crippen molar-refractivity contribution in [3.63, 3.8) is 0 Å². The zero-order valence-electron chi connectivity index (χ0n) is 52.5. The summed E-state index contributed by atoms with van der Waals surface area (Å²) in [6.07, 6.45) is 10.9. The predicted molar refractivity (Wildman–Crippen MR) is 319 cm³/mol. The molecule has 4 rings (SSSR count). The first-order valence-corrected chi connectivity index (χ1v) is 34.8. The maximum Gasteiger partial charge on any atom is 0.311 e. The lowest BCUT2D eigenvalue weighted by Gasteiger charge is -2.45. The SMILES string of the molecule is C.CC(=O)/C=C(\N)[C@H](C)C[C@H]1CC[C@@H]2O[C@@H](CCCOC(=O)C(C)(C)C)C[C@]2(CO[Si](C)(C)C(C)(C)C)O1.CC(=O)CC(=O)[C@H](C)C[C@H]1CC[C@@H]2O[C@@H](CCCOC(=O)C(C)(C)C)C[C@]2(CO[Si](C)(C)C(C)(C)C)O1.CC(=O)O.[HH]. The second-order valence-electron chi connectivity index (χ2n) is 28.2. The van der Waals surface area contributed by atoms with Gasteiger partial charge in [-0.05, 0) is 168 Å². The van der Waals surface area contributed by atoms with Gasteiger partial charge in [-0.2, -0.15) is 0 Å². The average Bonchev–Trinajstić information content (AvgIpc) is 3.83. The number of allylic oxidation sites excluding steroid dienone is 2. The number of esters is 2. The summed E-state index contributed by atoms with van der Waals surface area (Å²) in [6.45, 7) is 43.4. The van der Waals surface area contributed by atoms with Crippen molar-refractivity contribution in [1.29, 1.82) is 0 Å². The number of carboxylic acid groups (broad SMARTS) is 1.